The minimum Gasteiger partial charge on any atom is -0.477 e. The van der Waals surface area contributed by atoms with Crippen LogP contribution in [0.1, 0.15) is 33.6 Å². The van der Waals surface area contributed by atoms with Gasteiger partial charge in [-0.2, -0.15) is 5.10 Å². The van der Waals surface area contributed by atoms with Crippen molar-refractivity contribution in [3.63, 3.8) is 0 Å². The van der Waals surface area contributed by atoms with Gasteiger partial charge in [-0.3, -0.25) is 9.67 Å². The first-order valence-electron chi connectivity index (χ1n) is 9.95. The van der Waals surface area contributed by atoms with Gasteiger partial charge in [0, 0.05) is 35.8 Å². The van der Waals surface area contributed by atoms with Gasteiger partial charge in [0.15, 0.2) is 0 Å². The van der Waals surface area contributed by atoms with Crippen molar-refractivity contribution < 1.29 is 9.90 Å². The number of hydrogen-bond acceptors (Lipinski definition) is 5. The van der Waals surface area contributed by atoms with Gasteiger partial charge in [0.05, 0.1) is 5.69 Å². The van der Waals surface area contributed by atoms with Gasteiger partial charge in [-0.25, -0.2) is 4.79 Å². The third-order valence-corrected chi connectivity index (χ3v) is 5.35. The molecule has 7 heteroatoms. The molecule has 0 bridgehead atoms. The smallest absolute Gasteiger partial charge is 0.354 e. The van der Waals surface area contributed by atoms with Crippen molar-refractivity contribution in [3.8, 4) is 11.3 Å². The van der Waals surface area contributed by atoms with E-state index < -0.39 is 5.97 Å². The Labute approximate surface area is 169 Å². The molecule has 1 aliphatic rings. The molecule has 0 saturated heterocycles. The maximum atomic E-state index is 11.9. The summed E-state index contributed by atoms with van der Waals surface area (Å²) in [5, 5.41) is 17.8. The van der Waals surface area contributed by atoms with Crippen LogP contribution in [0.3, 0.4) is 0 Å². The van der Waals surface area contributed by atoms with Crippen LogP contribution >= 0.6 is 0 Å². The topological polar surface area (TPSA) is 106 Å². The fourth-order valence-corrected chi connectivity index (χ4v) is 3.87. The molecule has 4 N–H and O–H groups in total. The van der Waals surface area contributed by atoms with Crippen molar-refractivity contribution >= 4 is 11.7 Å². The lowest BCUT2D eigenvalue weighted by Gasteiger charge is -2.14. The van der Waals surface area contributed by atoms with Gasteiger partial charge in [0.2, 0.25) is 0 Å². The Balaban J connectivity index is 1.36. The molecule has 2 heterocycles. The van der Waals surface area contributed by atoms with E-state index in [9.17, 15) is 9.90 Å². The van der Waals surface area contributed by atoms with Crippen molar-refractivity contribution in [2.24, 2.45) is 0 Å². The van der Waals surface area contributed by atoms with Crippen LogP contribution in [-0.2, 0) is 25.8 Å². The highest BCUT2D eigenvalue weighted by molar-refractivity contribution is 5.90. The number of aromatic carboxylic acids is 1. The van der Waals surface area contributed by atoms with Crippen molar-refractivity contribution in [1.82, 2.24) is 20.1 Å². The van der Waals surface area contributed by atoms with Gasteiger partial charge >= 0.3 is 5.97 Å². The summed E-state index contributed by atoms with van der Waals surface area (Å²) in [4.78, 5) is 16.1. The van der Waals surface area contributed by atoms with Crippen LogP contribution in [0.15, 0.2) is 42.7 Å². The first-order chi connectivity index (χ1) is 14.1. The molecule has 150 valence electrons. The van der Waals surface area contributed by atoms with Crippen LogP contribution in [0.25, 0.3) is 11.3 Å². The highest BCUT2D eigenvalue weighted by atomic mass is 16.4. The molecule has 0 aliphatic heterocycles. The summed E-state index contributed by atoms with van der Waals surface area (Å²) in [5.74, 6) is -0.910. The molecule has 0 spiro atoms. The number of aryl methyl sites for hydroxylation is 2. The molecule has 0 unspecified atom stereocenters. The Morgan fingerprint density at radius 1 is 1.17 bits per heavy atom. The lowest BCUT2D eigenvalue weighted by atomic mass is 9.90. The average Bonchev–Trinajstić information content (AvgIpc) is 3.11. The van der Waals surface area contributed by atoms with Gasteiger partial charge in [-0.15, -0.1) is 0 Å². The molecule has 0 atom stereocenters. The number of rotatable bonds is 8. The molecule has 0 saturated carbocycles. The third-order valence-electron chi connectivity index (χ3n) is 5.35. The Hall–Kier alpha value is -3.19. The van der Waals surface area contributed by atoms with E-state index >= 15 is 0 Å². The van der Waals surface area contributed by atoms with Crippen molar-refractivity contribution in [1.29, 1.82) is 0 Å². The van der Waals surface area contributed by atoms with E-state index in [1.54, 1.807) is 10.9 Å². The van der Waals surface area contributed by atoms with Crippen LogP contribution in [0.4, 0.5) is 5.69 Å². The third kappa shape index (κ3) is 4.14. The predicted molar refractivity (Wildman–Crippen MR) is 112 cm³/mol. The summed E-state index contributed by atoms with van der Waals surface area (Å²) in [6.45, 7) is 2.24. The Morgan fingerprint density at radius 2 is 2.00 bits per heavy atom. The molecular formula is C22H25N5O2. The predicted octanol–water partition coefficient (Wildman–Crippen LogP) is 2.55. The molecule has 1 aromatic carbocycles. The maximum absolute atomic E-state index is 11.9. The van der Waals surface area contributed by atoms with Gasteiger partial charge in [0.25, 0.3) is 0 Å². The number of fused-ring (bicyclic) bond motifs is 3. The summed E-state index contributed by atoms with van der Waals surface area (Å²) in [5.41, 5.74) is 11.8. The lowest BCUT2D eigenvalue weighted by molar-refractivity contribution is 0.0681. The van der Waals surface area contributed by atoms with E-state index in [4.69, 9.17) is 5.73 Å². The molecule has 4 rings (SSSR count). The number of nitrogens with two attached hydrogens (primary N) is 1. The minimum absolute atomic E-state index is 0.323. The molecule has 1 aliphatic carbocycles. The van der Waals surface area contributed by atoms with Crippen LogP contribution < -0.4 is 11.1 Å². The second-order valence-corrected chi connectivity index (χ2v) is 7.33. The highest BCUT2D eigenvalue weighted by Gasteiger charge is 2.27. The zero-order valence-corrected chi connectivity index (χ0v) is 16.3. The number of hydrogen-bond donors (Lipinski definition) is 3. The molecule has 0 radical (unpaired) electrons. The van der Waals surface area contributed by atoms with Crippen molar-refractivity contribution in [2.75, 3.05) is 18.8 Å². The highest BCUT2D eigenvalue weighted by Crippen LogP contribution is 2.34. The quantitative estimate of drug-likeness (QED) is 0.402. The van der Waals surface area contributed by atoms with Gasteiger partial charge in [0.1, 0.15) is 5.69 Å². The first-order valence-corrected chi connectivity index (χ1v) is 9.95. The first kappa shape index (κ1) is 19.1. The van der Waals surface area contributed by atoms with Crippen LogP contribution in [0.5, 0.6) is 0 Å². The molecule has 0 amide bonds. The molecular weight excluding hydrogens is 366 g/mol. The van der Waals surface area contributed by atoms with Gasteiger partial charge in [-0.1, -0.05) is 12.1 Å². The molecule has 3 aromatic rings. The van der Waals surface area contributed by atoms with Crippen LogP contribution in [0.2, 0.25) is 0 Å². The number of carboxylic acids is 1. The fraction of sp³-hybridized carbons (Fsp3) is 0.318. The van der Waals surface area contributed by atoms with Crippen LogP contribution in [0, 0.1) is 0 Å². The summed E-state index contributed by atoms with van der Waals surface area (Å²) < 4.78 is 1.66. The van der Waals surface area contributed by atoms with Crippen molar-refractivity contribution in [2.45, 2.75) is 32.2 Å². The molecule has 29 heavy (non-hydrogen) atoms. The average molecular weight is 391 g/mol. The van der Waals surface area contributed by atoms with Crippen LogP contribution in [-0.4, -0.2) is 38.9 Å². The van der Waals surface area contributed by atoms with E-state index in [1.807, 2.05) is 36.5 Å². The number of carbonyl (C=O) groups is 1. The summed E-state index contributed by atoms with van der Waals surface area (Å²) in [6.07, 6.45) is 6.82. The number of benzene rings is 1. The fourth-order valence-electron chi connectivity index (χ4n) is 3.87. The number of nitrogens with one attached hydrogen (secondary N) is 1. The Morgan fingerprint density at radius 3 is 2.79 bits per heavy atom. The second kappa shape index (κ2) is 8.45. The van der Waals surface area contributed by atoms with Gasteiger partial charge < -0.3 is 16.2 Å². The molecule has 2 aromatic heterocycles. The lowest BCUT2D eigenvalue weighted by Crippen LogP contribution is -2.21. The normalized spacial score (nSPS) is 12.4. The monoisotopic (exact) mass is 391 g/mol. The molecule has 7 nitrogen and oxygen atoms in total. The van der Waals surface area contributed by atoms with E-state index in [0.29, 0.717) is 18.7 Å². The van der Waals surface area contributed by atoms with E-state index in [1.165, 1.54) is 5.56 Å². The number of aromatic nitrogens is 3. The van der Waals surface area contributed by atoms with E-state index in [0.717, 1.165) is 60.4 Å². The van der Waals surface area contributed by atoms with Gasteiger partial charge in [-0.05, 0) is 68.1 Å². The van der Waals surface area contributed by atoms with Crippen molar-refractivity contribution in [3.05, 3.63) is 65.1 Å². The largest absolute Gasteiger partial charge is 0.477 e. The standard InChI is InChI=1S/C22H25N5O2/c23-17-5-2-15(3-6-17)8-11-24-10-1-13-27-21(22(28)29)19-7-4-16-14-25-12-9-18(16)20(19)26-27/h2-3,5-6,9,12,14,24H,1,4,7-8,10-11,13,23H2,(H,28,29). The SMILES string of the molecule is Nc1ccc(CCNCCCn2nc3c(c2C(=O)O)CCc2cnccc2-3)cc1. The number of anilines is 1. The summed E-state index contributed by atoms with van der Waals surface area (Å²) in [6, 6.07) is 9.83. The zero-order valence-electron chi connectivity index (χ0n) is 16.3. The zero-order chi connectivity index (χ0) is 20.2. The number of nitrogens with zero attached hydrogens (tertiary/aromatic N) is 3. The summed E-state index contributed by atoms with van der Waals surface area (Å²) >= 11 is 0. The second-order valence-electron chi connectivity index (χ2n) is 7.33. The van der Waals surface area contributed by atoms with E-state index in [2.05, 4.69) is 15.4 Å². The Kier molecular flexibility index (Phi) is 5.57. The number of carboxylic acid groups (broad SMARTS) is 1. The summed E-state index contributed by atoms with van der Waals surface area (Å²) in [7, 11) is 0. The minimum atomic E-state index is -0.910. The molecule has 0 fully saturated rings. The number of nitrogen functional groups attached to an aromatic ring is 1. The maximum Gasteiger partial charge on any atom is 0.354 e. The van der Waals surface area contributed by atoms with E-state index in [-0.39, 0.29) is 0 Å². The Bertz CT molecular complexity index is 1010. The number of pyridine rings is 1.